The third kappa shape index (κ3) is 4.94. The third-order valence-electron chi connectivity index (χ3n) is 6.78. The summed E-state index contributed by atoms with van der Waals surface area (Å²) in [5, 5.41) is 9.24. The molecule has 0 aliphatic carbocycles. The van der Waals surface area contributed by atoms with Gasteiger partial charge >= 0.3 is 6.09 Å². The third-order valence-corrected chi connectivity index (χ3v) is 6.78. The predicted molar refractivity (Wildman–Crippen MR) is 110 cm³/mol. The lowest BCUT2D eigenvalue weighted by Crippen LogP contribution is -2.62. The molecule has 1 N–H and O–H groups in total. The Balaban J connectivity index is 1.24. The summed E-state index contributed by atoms with van der Waals surface area (Å²) in [6, 6.07) is 7.01. The van der Waals surface area contributed by atoms with Crippen molar-refractivity contribution in [3.8, 4) is 0 Å². The van der Waals surface area contributed by atoms with Gasteiger partial charge in [-0.15, -0.1) is 0 Å². The van der Waals surface area contributed by atoms with Crippen LogP contribution in [0.15, 0.2) is 24.3 Å². The van der Waals surface area contributed by atoms with Gasteiger partial charge in [0.05, 0.1) is 13.2 Å². The number of benzene rings is 1. The summed E-state index contributed by atoms with van der Waals surface area (Å²) in [6.45, 7) is 6.86. The first-order chi connectivity index (χ1) is 14.4. The number of nitrogens with zero attached hydrogens (tertiary/aromatic N) is 3. The summed E-state index contributed by atoms with van der Waals surface area (Å²) in [5.41, 5.74) is 0.986. The Hall–Kier alpha value is -1.74. The second-order valence-corrected chi connectivity index (χ2v) is 8.76. The molecule has 3 fully saturated rings. The van der Waals surface area contributed by atoms with Crippen LogP contribution in [-0.4, -0.2) is 97.3 Å². The van der Waals surface area contributed by atoms with Gasteiger partial charge < -0.3 is 24.4 Å². The second-order valence-electron chi connectivity index (χ2n) is 8.76. The first-order valence-electron chi connectivity index (χ1n) is 10.9. The van der Waals surface area contributed by atoms with Crippen LogP contribution in [0.25, 0.3) is 0 Å². The van der Waals surface area contributed by atoms with Crippen molar-refractivity contribution >= 4 is 6.09 Å². The van der Waals surface area contributed by atoms with Crippen molar-refractivity contribution < 1.29 is 23.8 Å². The molecule has 8 heteroatoms. The highest BCUT2D eigenvalue weighted by atomic mass is 19.1. The van der Waals surface area contributed by atoms with Crippen LogP contribution in [0.2, 0.25) is 0 Å². The van der Waals surface area contributed by atoms with Gasteiger partial charge in [0.1, 0.15) is 5.82 Å². The van der Waals surface area contributed by atoms with E-state index in [4.69, 9.17) is 9.47 Å². The standard InChI is InChI=1S/C22H32FN3O4/c1-24(21(27)28)14-18(17-2-4-19(23)5-3-17)6-9-25-15-20(16-25)26-10-7-22(8-11-26)29-12-13-30-22/h2-5,18,20H,6-16H2,1H3,(H,27,28). The minimum Gasteiger partial charge on any atom is -0.465 e. The van der Waals surface area contributed by atoms with Crippen LogP contribution in [0.3, 0.4) is 0 Å². The average Bonchev–Trinajstić information content (AvgIpc) is 3.15. The molecule has 166 valence electrons. The maximum absolute atomic E-state index is 13.3. The van der Waals surface area contributed by atoms with Crippen LogP contribution in [0.4, 0.5) is 9.18 Å². The fraction of sp³-hybridized carbons (Fsp3) is 0.682. The van der Waals surface area contributed by atoms with Gasteiger partial charge in [0.2, 0.25) is 0 Å². The molecular formula is C22H32FN3O4. The topological polar surface area (TPSA) is 65.5 Å². The van der Waals surface area contributed by atoms with Crippen molar-refractivity contribution in [3.63, 3.8) is 0 Å². The first kappa shape index (κ1) is 21.5. The molecule has 4 rings (SSSR count). The highest BCUT2D eigenvalue weighted by Crippen LogP contribution is 2.33. The number of ether oxygens (including phenoxy) is 2. The molecule has 3 aliphatic rings. The zero-order valence-corrected chi connectivity index (χ0v) is 17.6. The maximum Gasteiger partial charge on any atom is 0.407 e. The van der Waals surface area contributed by atoms with Gasteiger partial charge in [0.25, 0.3) is 0 Å². The van der Waals surface area contributed by atoms with Crippen LogP contribution >= 0.6 is 0 Å². The van der Waals surface area contributed by atoms with E-state index >= 15 is 0 Å². The lowest BCUT2D eigenvalue weighted by Gasteiger charge is -2.49. The number of likely N-dealkylation sites (tertiary alicyclic amines) is 2. The second kappa shape index (κ2) is 9.18. The lowest BCUT2D eigenvalue weighted by atomic mass is 9.93. The number of carbonyl (C=O) groups is 1. The number of piperidine rings is 1. The molecule has 1 amide bonds. The number of hydrogen-bond acceptors (Lipinski definition) is 5. The molecule has 3 heterocycles. The fourth-order valence-electron chi connectivity index (χ4n) is 4.82. The monoisotopic (exact) mass is 421 g/mol. The summed E-state index contributed by atoms with van der Waals surface area (Å²) < 4.78 is 24.9. The number of hydrogen-bond donors (Lipinski definition) is 1. The number of halogens is 1. The van der Waals surface area contributed by atoms with Gasteiger partial charge in [0, 0.05) is 64.6 Å². The summed E-state index contributed by atoms with van der Waals surface area (Å²) in [7, 11) is 1.58. The van der Waals surface area contributed by atoms with E-state index in [-0.39, 0.29) is 17.5 Å². The SMILES string of the molecule is CN(CC(CCN1CC(N2CCC3(CC2)OCCO3)C1)c1ccc(F)cc1)C(=O)O. The Kier molecular flexibility index (Phi) is 6.57. The predicted octanol–water partition coefficient (Wildman–Crippen LogP) is 2.43. The van der Waals surface area contributed by atoms with E-state index in [2.05, 4.69) is 9.80 Å². The van der Waals surface area contributed by atoms with Crippen molar-refractivity contribution in [1.82, 2.24) is 14.7 Å². The summed E-state index contributed by atoms with van der Waals surface area (Å²) in [5.74, 6) is -0.540. The van der Waals surface area contributed by atoms with Crippen molar-refractivity contribution in [2.24, 2.45) is 0 Å². The van der Waals surface area contributed by atoms with Crippen molar-refractivity contribution in [1.29, 1.82) is 0 Å². The molecule has 1 unspecified atom stereocenters. The van der Waals surface area contributed by atoms with E-state index in [0.29, 0.717) is 25.8 Å². The molecule has 1 aromatic carbocycles. The number of amides is 1. The Bertz CT molecular complexity index is 710. The summed E-state index contributed by atoms with van der Waals surface area (Å²) in [4.78, 5) is 17.5. The molecule has 30 heavy (non-hydrogen) atoms. The number of rotatable bonds is 7. The minimum absolute atomic E-state index is 0.0530. The smallest absolute Gasteiger partial charge is 0.407 e. The molecule has 7 nitrogen and oxygen atoms in total. The van der Waals surface area contributed by atoms with Gasteiger partial charge in [-0.1, -0.05) is 12.1 Å². The molecule has 0 radical (unpaired) electrons. The maximum atomic E-state index is 13.3. The molecular weight excluding hydrogens is 389 g/mol. The Labute approximate surface area is 177 Å². The number of carboxylic acid groups (broad SMARTS) is 1. The van der Waals surface area contributed by atoms with Crippen LogP contribution in [0.5, 0.6) is 0 Å². The highest BCUT2D eigenvalue weighted by Gasteiger charge is 2.43. The number of likely N-dealkylation sites (N-methyl/N-ethyl adjacent to an activating group) is 1. The highest BCUT2D eigenvalue weighted by molar-refractivity contribution is 5.64. The normalized spacial score (nSPS) is 23.4. The Morgan fingerprint density at radius 3 is 2.47 bits per heavy atom. The van der Waals surface area contributed by atoms with E-state index in [0.717, 1.165) is 57.5 Å². The Morgan fingerprint density at radius 1 is 1.23 bits per heavy atom. The summed E-state index contributed by atoms with van der Waals surface area (Å²) in [6.07, 6.45) is 1.79. The van der Waals surface area contributed by atoms with Crippen LogP contribution in [0, 0.1) is 5.82 Å². The molecule has 0 saturated carbocycles. The first-order valence-corrected chi connectivity index (χ1v) is 10.9. The van der Waals surface area contributed by atoms with E-state index in [1.54, 1.807) is 19.2 Å². The van der Waals surface area contributed by atoms with Crippen LogP contribution < -0.4 is 0 Å². The van der Waals surface area contributed by atoms with E-state index in [9.17, 15) is 14.3 Å². The van der Waals surface area contributed by atoms with Gasteiger partial charge in [-0.2, -0.15) is 0 Å². The lowest BCUT2D eigenvalue weighted by molar-refractivity contribution is -0.191. The van der Waals surface area contributed by atoms with Crippen LogP contribution in [-0.2, 0) is 9.47 Å². The Morgan fingerprint density at radius 2 is 1.87 bits per heavy atom. The van der Waals surface area contributed by atoms with Gasteiger partial charge in [-0.05, 0) is 30.7 Å². The molecule has 1 aromatic rings. The average molecular weight is 422 g/mol. The van der Waals surface area contributed by atoms with Gasteiger partial charge in [-0.3, -0.25) is 4.90 Å². The minimum atomic E-state index is -0.941. The molecule has 3 saturated heterocycles. The van der Waals surface area contributed by atoms with Gasteiger partial charge in [0.15, 0.2) is 5.79 Å². The largest absolute Gasteiger partial charge is 0.465 e. The van der Waals surface area contributed by atoms with Crippen molar-refractivity contribution in [2.75, 3.05) is 59.5 Å². The zero-order chi connectivity index (χ0) is 21.1. The molecule has 3 aliphatic heterocycles. The van der Waals surface area contributed by atoms with E-state index in [1.807, 2.05) is 0 Å². The van der Waals surface area contributed by atoms with E-state index in [1.165, 1.54) is 17.0 Å². The van der Waals surface area contributed by atoms with Crippen molar-refractivity contribution in [2.45, 2.75) is 37.0 Å². The molecule has 1 atom stereocenters. The van der Waals surface area contributed by atoms with Crippen molar-refractivity contribution in [3.05, 3.63) is 35.6 Å². The van der Waals surface area contributed by atoms with Crippen LogP contribution in [0.1, 0.15) is 30.7 Å². The quantitative estimate of drug-likeness (QED) is 0.730. The molecule has 0 bridgehead atoms. The molecule has 0 aromatic heterocycles. The van der Waals surface area contributed by atoms with E-state index < -0.39 is 6.09 Å². The molecule has 1 spiro atoms. The van der Waals surface area contributed by atoms with Gasteiger partial charge in [-0.25, -0.2) is 9.18 Å². The fourth-order valence-corrected chi connectivity index (χ4v) is 4.82. The summed E-state index contributed by atoms with van der Waals surface area (Å²) >= 11 is 0. The zero-order valence-electron chi connectivity index (χ0n) is 17.6.